The predicted molar refractivity (Wildman–Crippen MR) is 126 cm³/mol. The number of benzene rings is 3. The van der Waals surface area contributed by atoms with Crippen LogP contribution in [0.3, 0.4) is 0 Å². The second-order valence-corrected chi connectivity index (χ2v) is 9.88. The Kier molecular flexibility index (Phi) is 6.88. The number of ether oxygens (including phenoxy) is 2. The van der Waals surface area contributed by atoms with Crippen molar-refractivity contribution in [1.82, 2.24) is 4.31 Å². The summed E-state index contributed by atoms with van der Waals surface area (Å²) in [6, 6.07) is 18.7. The van der Waals surface area contributed by atoms with Gasteiger partial charge in [0, 0.05) is 23.3 Å². The third kappa shape index (κ3) is 5.30. The normalized spacial score (nSPS) is 13.1. The van der Waals surface area contributed by atoms with Crippen LogP contribution >= 0.6 is 11.6 Å². The lowest BCUT2D eigenvalue weighted by Crippen LogP contribution is -2.37. The number of halogens is 1. The van der Waals surface area contributed by atoms with Gasteiger partial charge < -0.3 is 14.8 Å². The summed E-state index contributed by atoms with van der Waals surface area (Å²) in [5.74, 6) is 0.372. The fourth-order valence-electron chi connectivity index (χ4n) is 3.44. The molecule has 0 spiro atoms. The van der Waals surface area contributed by atoms with Crippen LogP contribution in [0.5, 0.6) is 11.5 Å². The van der Waals surface area contributed by atoms with Crippen molar-refractivity contribution in [3.8, 4) is 11.5 Å². The molecular formula is C24H23ClN2O5S. The number of carbonyl (C=O) groups is 1. The Morgan fingerprint density at radius 2 is 1.70 bits per heavy atom. The summed E-state index contributed by atoms with van der Waals surface area (Å²) in [6.45, 7) is 2.13. The van der Waals surface area contributed by atoms with Gasteiger partial charge in [-0.15, -0.1) is 0 Å². The molecule has 0 radical (unpaired) electrons. The van der Waals surface area contributed by atoms with Gasteiger partial charge in [-0.25, -0.2) is 8.42 Å². The Bertz CT molecular complexity index is 1280. The number of anilines is 1. The van der Waals surface area contributed by atoms with E-state index in [1.165, 1.54) is 12.1 Å². The van der Waals surface area contributed by atoms with Gasteiger partial charge in [-0.1, -0.05) is 48.0 Å². The average Bonchev–Trinajstić information content (AvgIpc) is 2.81. The van der Waals surface area contributed by atoms with Gasteiger partial charge in [0.25, 0.3) is 0 Å². The molecule has 0 saturated heterocycles. The molecule has 0 aliphatic carbocycles. The molecule has 1 aliphatic rings. The number of sulfonamides is 1. The zero-order valence-corrected chi connectivity index (χ0v) is 19.5. The zero-order chi connectivity index (χ0) is 23.4. The fourth-order valence-corrected chi connectivity index (χ4v) is 5.02. The molecule has 1 aliphatic heterocycles. The van der Waals surface area contributed by atoms with Crippen LogP contribution in [-0.4, -0.2) is 38.4 Å². The van der Waals surface area contributed by atoms with Crippen LogP contribution in [0, 0.1) is 6.92 Å². The molecule has 0 atom stereocenters. The van der Waals surface area contributed by atoms with E-state index in [1.54, 1.807) is 42.5 Å². The zero-order valence-electron chi connectivity index (χ0n) is 18.0. The molecule has 1 heterocycles. The number of para-hydroxylation sites is 1. The number of nitrogens with one attached hydrogen (secondary N) is 1. The van der Waals surface area contributed by atoms with Crippen molar-refractivity contribution < 1.29 is 22.7 Å². The Hall–Kier alpha value is -3.07. The van der Waals surface area contributed by atoms with E-state index in [0.29, 0.717) is 41.0 Å². The quantitative estimate of drug-likeness (QED) is 0.539. The van der Waals surface area contributed by atoms with E-state index < -0.39 is 22.5 Å². The molecule has 0 bridgehead atoms. The van der Waals surface area contributed by atoms with Crippen LogP contribution < -0.4 is 14.8 Å². The lowest BCUT2D eigenvalue weighted by Gasteiger charge is -2.24. The van der Waals surface area contributed by atoms with E-state index >= 15 is 0 Å². The Balaban J connectivity index is 1.65. The second-order valence-electron chi connectivity index (χ2n) is 7.53. The maximum absolute atomic E-state index is 13.6. The van der Waals surface area contributed by atoms with Gasteiger partial charge in [0.2, 0.25) is 15.9 Å². The number of rotatable bonds is 7. The third-order valence-corrected chi connectivity index (χ3v) is 7.35. The number of fused-ring (bicyclic) bond motifs is 1. The molecule has 7 nitrogen and oxygen atoms in total. The molecule has 33 heavy (non-hydrogen) atoms. The number of hydrogen-bond donors (Lipinski definition) is 1. The first-order valence-corrected chi connectivity index (χ1v) is 12.1. The summed E-state index contributed by atoms with van der Waals surface area (Å²) in [5.41, 5.74) is 2.08. The van der Waals surface area contributed by atoms with Crippen LogP contribution in [-0.2, 0) is 21.4 Å². The SMILES string of the molecule is Cc1ccccc1NC(=O)CN(Cc1ccccc1Cl)S(=O)(=O)c1ccc2c(c1)OCCO2. The number of hydrogen-bond acceptors (Lipinski definition) is 5. The van der Waals surface area contributed by atoms with Gasteiger partial charge in [0.1, 0.15) is 13.2 Å². The highest BCUT2D eigenvalue weighted by molar-refractivity contribution is 7.89. The van der Waals surface area contributed by atoms with E-state index in [-0.39, 0.29) is 11.4 Å². The molecule has 0 saturated carbocycles. The van der Waals surface area contributed by atoms with E-state index in [0.717, 1.165) is 9.87 Å². The Labute approximate surface area is 197 Å². The van der Waals surface area contributed by atoms with Crippen LogP contribution in [0.25, 0.3) is 0 Å². The van der Waals surface area contributed by atoms with E-state index in [9.17, 15) is 13.2 Å². The van der Waals surface area contributed by atoms with Crippen LogP contribution in [0.15, 0.2) is 71.6 Å². The molecule has 0 unspecified atom stereocenters. The van der Waals surface area contributed by atoms with Gasteiger partial charge in [0.05, 0.1) is 11.4 Å². The number of aryl methyl sites for hydroxylation is 1. The number of amides is 1. The van der Waals surface area contributed by atoms with Crippen molar-refractivity contribution in [3.63, 3.8) is 0 Å². The monoisotopic (exact) mass is 486 g/mol. The van der Waals surface area contributed by atoms with Crippen molar-refractivity contribution in [1.29, 1.82) is 0 Å². The molecule has 0 aromatic heterocycles. The summed E-state index contributed by atoms with van der Waals surface area (Å²) in [6.07, 6.45) is 0. The highest BCUT2D eigenvalue weighted by Crippen LogP contribution is 2.33. The summed E-state index contributed by atoms with van der Waals surface area (Å²) in [4.78, 5) is 12.9. The Morgan fingerprint density at radius 1 is 1.00 bits per heavy atom. The lowest BCUT2D eigenvalue weighted by atomic mass is 10.2. The maximum atomic E-state index is 13.6. The molecule has 172 valence electrons. The van der Waals surface area contributed by atoms with E-state index in [1.807, 2.05) is 19.1 Å². The van der Waals surface area contributed by atoms with E-state index in [2.05, 4.69) is 5.32 Å². The average molecular weight is 487 g/mol. The highest BCUT2D eigenvalue weighted by Gasteiger charge is 2.29. The van der Waals surface area contributed by atoms with E-state index in [4.69, 9.17) is 21.1 Å². The smallest absolute Gasteiger partial charge is 0.243 e. The molecule has 1 N–H and O–H groups in total. The highest BCUT2D eigenvalue weighted by atomic mass is 35.5. The third-order valence-electron chi connectivity index (χ3n) is 5.20. The lowest BCUT2D eigenvalue weighted by molar-refractivity contribution is -0.116. The van der Waals surface area contributed by atoms with Crippen LogP contribution in [0.1, 0.15) is 11.1 Å². The van der Waals surface area contributed by atoms with Crippen molar-refractivity contribution in [2.24, 2.45) is 0 Å². The van der Waals surface area contributed by atoms with Crippen molar-refractivity contribution in [3.05, 3.63) is 82.9 Å². The van der Waals surface area contributed by atoms with Gasteiger partial charge in [-0.3, -0.25) is 4.79 Å². The molecule has 3 aromatic carbocycles. The number of nitrogens with zero attached hydrogens (tertiary/aromatic N) is 1. The largest absolute Gasteiger partial charge is 0.486 e. The maximum Gasteiger partial charge on any atom is 0.243 e. The van der Waals surface area contributed by atoms with Crippen molar-refractivity contribution >= 4 is 33.2 Å². The first-order valence-electron chi connectivity index (χ1n) is 10.3. The summed E-state index contributed by atoms with van der Waals surface area (Å²) in [5, 5.41) is 3.21. The molecular weight excluding hydrogens is 464 g/mol. The standard InChI is InChI=1S/C24H23ClN2O5S/c1-17-6-2-5-9-21(17)26-24(28)16-27(15-18-7-3-4-8-20(18)25)33(29,30)19-10-11-22-23(14-19)32-13-12-31-22/h2-11,14H,12-13,15-16H2,1H3,(H,26,28). The topological polar surface area (TPSA) is 84.9 Å². The molecule has 0 fully saturated rings. The summed E-state index contributed by atoms with van der Waals surface area (Å²) >= 11 is 6.29. The van der Waals surface area contributed by atoms with Crippen LogP contribution in [0.4, 0.5) is 5.69 Å². The van der Waals surface area contributed by atoms with Gasteiger partial charge in [-0.2, -0.15) is 4.31 Å². The Morgan fingerprint density at radius 3 is 2.45 bits per heavy atom. The van der Waals surface area contributed by atoms with Gasteiger partial charge in [-0.05, 0) is 42.3 Å². The van der Waals surface area contributed by atoms with Crippen molar-refractivity contribution in [2.45, 2.75) is 18.4 Å². The number of carbonyl (C=O) groups excluding carboxylic acids is 1. The minimum Gasteiger partial charge on any atom is -0.486 e. The molecule has 3 aromatic rings. The minimum atomic E-state index is -4.07. The summed E-state index contributed by atoms with van der Waals surface area (Å²) in [7, 11) is -4.07. The molecule has 4 rings (SSSR count). The van der Waals surface area contributed by atoms with Crippen molar-refractivity contribution in [2.75, 3.05) is 25.1 Å². The fraction of sp³-hybridized carbons (Fsp3) is 0.208. The second kappa shape index (κ2) is 9.82. The first kappa shape index (κ1) is 23.1. The van der Waals surface area contributed by atoms with Gasteiger partial charge >= 0.3 is 0 Å². The van der Waals surface area contributed by atoms with Gasteiger partial charge in [0.15, 0.2) is 11.5 Å². The van der Waals surface area contributed by atoms with Crippen LogP contribution in [0.2, 0.25) is 5.02 Å². The minimum absolute atomic E-state index is 0.00231. The molecule has 9 heteroatoms. The predicted octanol–water partition coefficient (Wildman–Crippen LogP) is 4.25. The first-order chi connectivity index (χ1) is 15.8. The summed E-state index contributed by atoms with van der Waals surface area (Å²) < 4.78 is 39.3. The molecule has 1 amide bonds.